The predicted octanol–water partition coefficient (Wildman–Crippen LogP) is 5.48. The lowest BCUT2D eigenvalue weighted by atomic mass is 9.95. The van der Waals surface area contributed by atoms with E-state index in [9.17, 15) is 18.0 Å². The van der Waals surface area contributed by atoms with Crippen molar-refractivity contribution in [2.45, 2.75) is 6.42 Å². The summed E-state index contributed by atoms with van der Waals surface area (Å²) in [6.45, 7) is 0.533. The fraction of sp³-hybridized carbons (Fsp3) is 0.154. The Kier molecular flexibility index (Phi) is 6.79. The van der Waals surface area contributed by atoms with Crippen molar-refractivity contribution in [2.75, 3.05) is 20.3 Å². The van der Waals surface area contributed by atoms with Crippen molar-refractivity contribution in [1.82, 2.24) is 0 Å². The van der Waals surface area contributed by atoms with Gasteiger partial charge in [0, 0.05) is 23.8 Å². The zero-order chi connectivity index (χ0) is 24.2. The summed E-state index contributed by atoms with van der Waals surface area (Å²) in [5, 5.41) is 9.03. The van der Waals surface area contributed by atoms with E-state index in [1.54, 1.807) is 31.4 Å². The molecule has 0 atom stereocenters. The fourth-order valence-corrected chi connectivity index (χ4v) is 3.68. The molecule has 3 aromatic rings. The van der Waals surface area contributed by atoms with Crippen LogP contribution < -0.4 is 0 Å². The predicted molar refractivity (Wildman–Crippen MR) is 121 cm³/mol. The summed E-state index contributed by atoms with van der Waals surface area (Å²) in [4.78, 5) is 15.5. The summed E-state index contributed by atoms with van der Waals surface area (Å²) >= 11 is 0. The topological polar surface area (TPSA) is 68.1 Å². The third-order valence-corrected chi connectivity index (χ3v) is 5.36. The normalized spacial score (nSPS) is 13.2. The van der Waals surface area contributed by atoms with Crippen LogP contribution in [0.3, 0.4) is 0 Å². The summed E-state index contributed by atoms with van der Waals surface area (Å²) in [5.74, 6) is -3.04. The molecule has 5 nitrogen and oxygen atoms in total. The number of aliphatic imine (C=N–C) groups is 1. The van der Waals surface area contributed by atoms with Crippen LogP contribution in [0.15, 0.2) is 65.7 Å². The highest BCUT2D eigenvalue weighted by atomic mass is 19.1. The molecule has 0 unspecified atom stereocenters. The average molecular weight is 467 g/mol. The molecule has 1 heterocycles. The molecular weight excluding hydrogens is 447 g/mol. The van der Waals surface area contributed by atoms with Crippen molar-refractivity contribution >= 4 is 17.6 Å². The van der Waals surface area contributed by atoms with Crippen molar-refractivity contribution in [3.63, 3.8) is 0 Å². The highest BCUT2D eigenvalue weighted by molar-refractivity contribution is 5.99. The fourth-order valence-electron chi connectivity index (χ4n) is 3.68. The van der Waals surface area contributed by atoms with Gasteiger partial charge in [-0.2, -0.15) is 0 Å². The summed E-state index contributed by atoms with van der Waals surface area (Å²) in [6.07, 6.45) is 2.09. The number of hydrogen-bond donors (Lipinski definition) is 1. The molecule has 1 N–H and O–H groups in total. The summed E-state index contributed by atoms with van der Waals surface area (Å²) in [7, 11) is 1.55. The maximum absolute atomic E-state index is 14.4. The van der Waals surface area contributed by atoms with Gasteiger partial charge in [0.05, 0.1) is 17.9 Å². The SMILES string of the molecule is COCCc1cc(C2=NC(c3ccc(C(=O)O)c(F)c3)=CCO2)ccc1-c1cc(F)ccc1F. The van der Waals surface area contributed by atoms with E-state index in [4.69, 9.17) is 14.6 Å². The van der Waals surface area contributed by atoms with Gasteiger partial charge in [-0.15, -0.1) is 0 Å². The van der Waals surface area contributed by atoms with Gasteiger partial charge in [-0.3, -0.25) is 0 Å². The van der Waals surface area contributed by atoms with E-state index >= 15 is 0 Å². The van der Waals surface area contributed by atoms with Gasteiger partial charge in [0.15, 0.2) is 0 Å². The third-order valence-electron chi connectivity index (χ3n) is 5.36. The Balaban J connectivity index is 1.72. The Morgan fingerprint density at radius 3 is 2.53 bits per heavy atom. The van der Waals surface area contributed by atoms with Crippen LogP contribution in [-0.2, 0) is 15.9 Å². The van der Waals surface area contributed by atoms with E-state index < -0.39 is 29.0 Å². The summed E-state index contributed by atoms with van der Waals surface area (Å²) in [6, 6.07) is 12.2. The Morgan fingerprint density at radius 2 is 1.79 bits per heavy atom. The monoisotopic (exact) mass is 467 g/mol. The van der Waals surface area contributed by atoms with E-state index in [2.05, 4.69) is 4.99 Å². The average Bonchev–Trinajstić information content (AvgIpc) is 2.84. The van der Waals surface area contributed by atoms with Gasteiger partial charge in [-0.05, 0) is 66.1 Å². The molecule has 0 radical (unpaired) electrons. The van der Waals surface area contributed by atoms with Crippen molar-refractivity contribution < 1.29 is 32.5 Å². The lowest BCUT2D eigenvalue weighted by Gasteiger charge is -2.17. The molecule has 0 spiro atoms. The van der Waals surface area contributed by atoms with Gasteiger partial charge in [0.25, 0.3) is 0 Å². The Morgan fingerprint density at radius 1 is 1.00 bits per heavy atom. The highest BCUT2D eigenvalue weighted by Crippen LogP contribution is 2.30. The molecule has 3 aromatic carbocycles. The lowest BCUT2D eigenvalue weighted by molar-refractivity contribution is 0.0692. The smallest absolute Gasteiger partial charge is 0.338 e. The van der Waals surface area contributed by atoms with Crippen LogP contribution in [0.1, 0.15) is 27.0 Å². The van der Waals surface area contributed by atoms with Gasteiger partial charge in [-0.25, -0.2) is 23.0 Å². The minimum Gasteiger partial charge on any atom is -0.478 e. The molecule has 0 aromatic heterocycles. The maximum Gasteiger partial charge on any atom is 0.338 e. The molecule has 4 rings (SSSR count). The second-order valence-corrected chi connectivity index (χ2v) is 7.56. The Labute approximate surface area is 193 Å². The third kappa shape index (κ3) is 4.87. The minimum absolute atomic E-state index is 0.138. The molecule has 0 saturated heterocycles. The molecule has 0 amide bonds. The van der Waals surface area contributed by atoms with E-state index in [0.717, 1.165) is 24.3 Å². The van der Waals surface area contributed by atoms with Gasteiger partial charge >= 0.3 is 5.97 Å². The second-order valence-electron chi connectivity index (χ2n) is 7.56. The molecule has 1 aliphatic rings. The van der Waals surface area contributed by atoms with Gasteiger partial charge in [-0.1, -0.05) is 12.1 Å². The molecule has 8 heteroatoms. The van der Waals surface area contributed by atoms with Crippen LogP contribution >= 0.6 is 0 Å². The van der Waals surface area contributed by atoms with E-state index in [1.165, 1.54) is 12.1 Å². The number of hydrogen-bond acceptors (Lipinski definition) is 4. The van der Waals surface area contributed by atoms with Crippen LogP contribution in [0.2, 0.25) is 0 Å². The van der Waals surface area contributed by atoms with Gasteiger partial charge in [0.1, 0.15) is 24.1 Å². The molecule has 0 bridgehead atoms. The van der Waals surface area contributed by atoms with Gasteiger partial charge < -0.3 is 14.6 Å². The van der Waals surface area contributed by atoms with Crippen molar-refractivity contribution in [3.8, 4) is 11.1 Å². The number of carbonyl (C=O) groups is 1. The quantitative estimate of drug-likeness (QED) is 0.500. The minimum atomic E-state index is -1.35. The first-order valence-electron chi connectivity index (χ1n) is 10.4. The number of methoxy groups -OCH3 is 1. The van der Waals surface area contributed by atoms with Gasteiger partial charge in [0.2, 0.25) is 5.90 Å². The first kappa shape index (κ1) is 23.3. The molecular formula is C26H20F3NO4. The summed E-state index contributed by atoms with van der Waals surface area (Å²) < 4.78 is 53.2. The Hall–Kier alpha value is -3.91. The second kappa shape index (κ2) is 9.93. The lowest BCUT2D eigenvalue weighted by Crippen LogP contribution is -2.13. The molecule has 1 aliphatic heterocycles. The molecule has 34 heavy (non-hydrogen) atoms. The number of nitrogens with zero attached hydrogens (tertiary/aromatic N) is 1. The number of benzene rings is 3. The van der Waals surface area contributed by atoms with E-state index in [1.807, 2.05) is 0 Å². The highest BCUT2D eigenvalue weighted by Gasteiger charge is 2.18. The van der Waals surface area contributed by atoms with Crippen molar-refractivity contribution in [2.24, 2.45) is 4.99 Å². The van der Waals surface area contributed by atoms with E-state index in [-0.39, 0.29) is 18.1 Å². The number of carboxylic acid groups (broad SMARTS) is 1. The van der Waals surface area contributed by atoms with Crippen LogP contribution in [0.5, 0.6) is 0 Å². The number of halogens is 3. The number of rotatable bonds is 7. The molecule has 0 saturated carbocycles. The number of carboxylic acids is 1. The van der Waals surface area contributed by atoms with Crippen molar-refractivity contribution in [3.05, 3.63) is 100 Å². The van der Waals surface area contributed by atoms with E-state index in [0.29, 0.717) is 41.0 Å². The molecule has 0 fully saturated rings. The molecule has 0 aliphatic carbocycles. The van der Waals surface area contributed by atoms with Crippen LogP contribution in [-0.4, -0.2) is 37.3 Å². The number of aromatic carboxylic acids is 1. The molecule has 174 valence electrons. The number of ether oxygens (including phenoxy) is 2. The first-order chi connectivity index (χ1) is 16.4. The van der Waals surface area contributed by atoms with Crippen LogP contribution in [0, 0.1) is 17.5 Å². The first-order valence-corrected chi connectivity index (χ1v) is 10.4. The Bertz CT molecular complexity index is 1320. The largest absolute Gasteiger partial charge is 0.478 e. The summed E-state index contributed by atoms with van der Waals surface area (Å²) in [5.41, 5.74) is 2.37. The maximum atomic E-state index is 14.4. The standard InChI is InChI=1S/C26H20F3NO4/c1-33-10-8-15-12-17(3-5-19(15)21-14-18(27)4-7-22(21)28)25-30-24(9-11-34-25)16-2-6-20(26(31)32)23(29)13-16/h2-7,9,12-14H,8,10-11H2,1H3,(H,31,32). The van der Waals surface area contributed by atoms with Crippen molar-refractivity contribution in [1.29, 1.82) is 0 Å². The zero-order valence-corrected chi connectivity index (χ0v) is 18.1. The van der Waals surface area contributed by atoms with Crippen LogP contribution in [0.25, 0.3) is 16.8 Å². The van der Waals surface area contributed by atoms with Crippen LogP contribution in [0.4, 0.5) is 13.2 Å². The zero-order valence-electron chi connectivity index (χ0n) is 18.1.